The third-order valence-corrected chi connectivity index (χ3v) is 3.77. The average molecular weight is 278 g/mol. The first-order valence-corrected chi connectivity index (χ1v) is 7.32. The minimum Gasteiger partial charge on any atom is -0.465 e. The average Bonchev–Trinajstić information content (AvgIpc) is 2.82. The van der Waals surface area contributed by atoms with Crippen molar-refractivity contribution in [3.05, 3.63) is 24.3 Å². The van der Waals surface area contributed by atoms with Crippen LogP contribution in [0.5, 0.6) is 0 Å². The molecule has 1 aromatic carbocycles. The van der Waals surface area contributed by atoms with E-state index in [0.29, 0.717) is 6.61 Å². The summed E-state index contributed by atoms with van der Waals surface area (Å²) >= 11 is 1.61. The molecule has 0 aliphatic heterocycles. The highest BCUT2D eigenvalue weighted by molar-refractivity contribution is 7.22. The molecule has 2 rings (SSSR count). The van der Waals surface area contributed by atoms with Gasteiger partial charge in [-0.05, 0) is 25.5 Å². The number of carbonyl (C=O) groups is 1. The molecular formula is C14H18N2O2S. The van der Waals surface area contributed by atoms with Gasteiger partial charge in [0.2, 0.25) is 0 Å². The number of aromatic nitrogens is 1. The molecule has 0 saturated heterocycles. The summed E-state index contributed by atoms with van der Waals surface area (Å²) in [5.41, 5.74) is 0.979. The van der Waals surface area contributed by atoms with E-state index in [0.717, 1.165) is 28.3 Å². The van der Waals surface area contributed by atoms with E-state index in [1.165, 1.54) is 0 Å². The highest BCUT2D eigenvalue weighted by Crippen LogP contribution is 2.28. The molecule has 1 aromatic heterocycles. The van der Waals surface area contributed by atoms with Crippen molar-refractivity contribution in [2.24, 2.45) is 0 Å². The van der Waals surface area contributed by atoms with Gasteiger partial charge in [-0.25, -0.2) is 4.98 Å². The molecule has 19 heavy (non-hydrogen) atoms. The van der Waals surface area contributed by atoms with Crippen molar-refractivity contribution in [1.82, 2.24) is 4.98 Å². The minimum atomic E-state index is -0.199. The van der Waals surface area contributed by atoms with E-state index >= 15 is 0 Å². The third-order valence-electron chi connectivity index (χ3n) is 2.67. The van der Waals surface area contributed by atoms with Gasteiger partial charge in [-0.2, -0.15) is 0 Å². The monoisotopic (exact) mass is 278 g/mol. The fraction of sp³-hybridized carbons (Fsp3) is 0.429. The quantitative estimate of drug-likeness (QED) is 0.762. The molecule has 102 valence electrons. The van der Waals surface area contributed by atoms with E-state index in [-0.39, 0.29) is 12.5 Å². The number of hydrogen-bond donors (Lipinski definition) is 0. The summed E-state index contributed by atoms with van der Waals surface area (Å²) < 4.78 is 6.15. The molecule has 0 bridgehead atoms. The van der Waals surface area contributed by atoms with E-state index < -0.39 is 0 Å². The van der Waals surface area contributed by atoms with Gasteiger partial charge in [-0.15, -0.1) is 0 Å². The lowest BCUT2D eigenvalue weighted by Gasteiger charge is -2.19. The minimum absolute atomic E-state index is 0.199. The highest BCUT2D eigenvalue weighted by atomic mass is 32.1. The lowest BCUT2D eigenvalue weighted by atomic mass is 10.3. The zero-order valence-corrected chi connectivity index (χ0v) is 12.1. The maximum absolute atomic E-state index is 11.6. The van der Waals surface area contributed by atoms with Crippen molar-refractivity contribution < 1.29 is 9.53 Å². The van der Waals surface area contributed by atoms with E-state index in [9.17, 15) is 4.79 Å². The number of thiazole rings is 1. The van der Waals surface area contributed by atoms with Crippen molar-refractivity contribution in [3.8, 4) is 0 Å². The zero-order valence-electron chi connectivity index (χ0n) is 11.3. The summed E-state index contributed by atoms with van der Waals surface area (Å²) in [5, 5.41) is 0.885. The molecule has 0 radical (unpaired) electrons. The molecule has 0 aliphatic rings. The summed E-state index contributed by atoms with van der Waals surface area (Å²) in [5.74, 6) is -0.199. The fourth-order valence-electron chi connectivity index (χ4n) is 1.87. The number of nitrogens with zero attached hydrogens (tertiary/aromatic N) is 2. The van der Waals surface area contributed by atoms with Gasteiger partial charge in [-0.3, -0.25) is 4.79 Å². The Hall–Kier alpha value is -1.62. The van der Waals surface area contributed by atoms with Crippen molar-refractivity contribution in [1.29, 1.82) is 0 Å². The van der Waals surface area contributed by atoms with Crippen LogP contribution in [0, 0.1) is 0 Å². The van der Waals surface area contributed by atoms with E-state index in [2.05, 4.69) is 11.9 Å². The Morgan fingerprint density at radius 3 is 2.84 bits per heavy atom. The molecule has 1 heterocycles. The summed E-state index contributed by atoms with van der Waals surface area (Å²) in [7, 11) is 0. The van der Waals surface area contributed by atoms with Crippen LogP contribution in [-0.2, 0) is 9.53 Å². The second-order valence-corrected chi connectivity index (χ2v) is 5.20. The summed E-state index contributed by atoms with van der Waals surface area (Å²) in [4.78, 5) is 18.2. The number of carbonyl (C=O) groups excluding carboxylic acids is 1. The smallest absolute Gasteiger partial charge is 0.325 e. The molecule has 0 saturated carbocycles. The molecule has 0 aliphatic carbocycles. The lowest BCUT2D eigenvalue weighted by molar-refractivity contribution is -0.141. The molecule has 0 N–H and O–H groups in total. The second-order valence-electron chi connectivity index (χ2n) is 4.19. The Balaban J connectivity index is 2.19. The topological polar surface area (TPSA) is 42.4 Å². The van der Waals surface area contributed by atoms with Crippen LogP contribution in [0.1, 0.15) is 20.3 Å². The number of esters is 1. The number of ether oxygens (including phenoxy) is 1. The number of hydrogen-bond acceptors (Lipinski definition) is 5. The fourth-order valence-corrected chi connectivity index (χ4v) is 2.86. The van der Waals surface area contributed by atoms with Gasteiger partial charge in [0, 0.05) is 6.54 Å². The van der Waals surface area contributed by atoms with Crippen molar-refractivity contribution in [2.45, 2.75) is 20.3 Å². The van der Waals surface area contributed by atoms with Crippen molar-refractivity contribution in [2.75, 3.05) is 24.6 Å². The first kappa shape index (κ1) is 13.8. The van der Waals surface area contributed by atoms with Gasteiger partial charge >= 0.3 is 5.97 Å². The van der Waals surface area contributed by atoms with Crippen LogP contribution in [0.25, 0.3) is 10.2 Å². The molecule has 0 unspecified atom stereocenters. The van der Waals surface area contributed by atoms with Gasteiger partial charge in [0.1, 0.15) is 6.54 Å². The molecule has 4 nitrogen and oxygen atoms in total. The number of para-hydroxylation sites is 1. The molecule has 0 fully saturated rings. The Kier molecular flexibility index (Phi) is 4.74. The Labute approximate surface area is 117 Å². The maximum Gasteiger partial charge on any atom is 0.325 e. The third kappa shape index (κ3) is 3.44. The molecule has 0 amide bonds. The first-order valence-electron chi connectivity index (χ1n) is 6.50. The predicted molar refractivity (Wildman–Crippen MR) is 78.8 cm³/mol. The summed E-state index contributed by atoms with van der Waals surface area (Å²) in [6.45, 7) is 5.39. The van der Waals surface area contributed by atoms with E-state index in [1.807, 2.05) is 36.1 Å². The van der Waals surface area contributed by atoms with Crippen LogP contribution in [-0.4, -0.2) is 30.6 Å². The normalized spacial score (nSPS) is 10.6. The van der Waals surface area contributed by atoms with Gasteiger partial charge in [0.15, 0.2) is 5.13 Å². The van der Waals surface area contributed by atoms with Crippen LogP contribution >= 0.6 is 11.3 Å². The number of rotatable bonds is 6. The van der Waals surface area contributed by atoms with E-state index in [1.54, 1.807) is 11.3 Å². The van der Waals surface area contributed by atoms with Crippen molar-refractivity contribution in [3.63, 3.8) is 0 Å². The van der Waals surface area contributed by atoms with Gasteiger partial charge < -0.3 is 9.64 Å². The highest BCUT2D eigenvalue weighted by Gasteiger charge is 2.15. The standard InChI is InChI=1S/C14H18N2O2S/c1-3-9-16(10-13(17)18-4-2)14-15-11-7-5-6-8-12(11)19-14/h5-8H,3-4,9-10H2,1-2H3. The Bertz CT molecular complexity index is 520. The second kappa shape index (κ2) is 6.52. The maximum atomic E-state index is 11.6. The predicted octanol–water partition coefficient (Wildman–Crippen LogP) is 3.08. The van der Waals surface area contributed by atoms with Crippen LogP contribution in [0.3, 0.4) is 0 Å². The SMILES string of the molecule is CCCN(CC(=O)OCC)c1nc2ccccc2s1. The molecule has 5 heteroatoms. The van der Waals surface area contributed by atoms with Gasteiger partial charge in [-0.1, -0.05) is 30.4 Å². The first-order chi connectivity index (χ1) is 9.24. The lowest BCUT2D eigenvalue weighted by Crippen LogP contribution is -2.31. The molecule has 0 atom stereocenters. The Morgan fingerprint density at radius 1 is 1.37 bits per heavy atom. The number of fused-ring (bicyclic) bond motifs is 1. The number of benzene rings is 1. The van der Waals surface area contributed by atoms with Crippen molar-refractivity contribution >= 4 is 32.7 Å². The molecule has 2 aromatic rings. The van der Waals surface area contributed by atoms with Crippen LogP contribution in [0.2, 0.25) is 0 Å². The van der Waals surface area contributed by atoms with Gasteiger partial charge in [0.05, 0.1) is 16.8 Å². The van der Waals surface area contributed by atoms with Crippen LogP contribution in [0.4, 0.5) is 5.13 Å². The molecule has 0 spiro atoms. The summed E-state index contributed by atoms with van der Waals surface area (Å²) in [6, 6.07) is 8.01. The van der Waals surface area contributed by atoms with E-state index in [4.69, 9.17) is 4.74 Å². The zero-order chi connectivity index (χ0) is 13.7. The van der Waals surface area contributed by atoms with Crippen LogP contribution in [0.15, 0.2) is 24.3 Å². The Morgan fingerprint density at radius 2 is 2.16 bits per heavy atom. The largest absolute Gasteiger partial charge is 0.465 e. The molecular weight excluding hydrogens is 260 g/mol. The van der Waals surface area contributed by atoms with Crippen LogP contribution < -0.4 is 4.90 Å². The van der Waals surface area contributed by atoms with Gasteiger partial charge in [0.25, 0.3) is 0 Å². The summed E-state index contributed by atoms with van der Waals surface area (Å²) in [6.07, 6.45) is 0.968. The number of anilines is 1.